The van der Waals surface area contributed by atoms with Gasteiger partial charge in [0, 0.05) is 23.7 Å². The maximum absolute atomic E-state index is 12.4. The summed E-state index contributed by atoms with van der Waals surface area (Å²) in [6, 6.07) is 8.96. The van der Waals surface area contributed by atoms with Crippen molar-refractivity contribution in [2.75, 3.05) is 6.61 Å². The Morgan fingerprint density at radius 2 is 2.05 bits per heavy atom. The molecule has 0 saturated carbocycles. The molecule has 2 fully saturated rings. The first-order chi connectivity index (χ1) is 10.6. The van der Waals surface area contributed by atoms with Gasteiger partial charge in [-0.05, 0) is 49.8 Å². The van der Waals surface area contributed by atoms with E-state index in [2.05, 4.69) is 24.5 Å². The number of amides is 1. The zero-order valence-corrected chi connectivity index (χ0v) is 13.5. The smallest absolute Gasteiger partial charge is 0.251 e. The summed E-state index contributed by atoms with van der Waals surface area (Å²) in [6.07, 6.45) is 4.59. The molecule has 2 heterocycles. The van der Waals surface area contributed by atoms with E-state index in [0.717, 1.165) is 18.6 Å². The van der Waals surface area contributed by atoms with Gasteiger partial charge < -0.3 is 15.4 Å². The molecule has 4 heteroatoms. The van der Waals surface area contributed by atoms with Gasteiger partial charge in [-0.3, -0.25) is 4.79 Å². The van der Waals surface area contributed by atoms with Crippen molar-refractivity contribution in [2.45, 2.75) is 57.7 Å². The summed E-state index contributed by atoms with van der Waals surface area (Å²) < 4.78 is 5.70. The van der Waals surface area contributed by atoms with Gasteiger partial charge in [-0.15, -0.1) is 0 Å². The van der Waals surface area contributed by atoms with Crippen LogP contribution in [-0.4, -0.2) is 30.6 Å². The second kappa shape index (κ2) is 6.69. The molecule has 0 spiro atoms. The van der Waals surface area contributed by atoms with E-state index >= 15 is 0 Å². The Balaban J connectivity index is 1.58. The highest BCUT2D eigenvalue weighted by Gasteiger charge is 2.34. The normalized spacial score (nSPS) is 27.0. The van der Waals surface area contributed by atoms with Crippen molar-refractivity contribution in [3.8, 4) is 5.75 Å². The maximum atomic E-state index is 12.4. The molecular formula is C18H26N2O2. The Bertz CT molecular complexity index is 518. The van der Waals surface area contributed by atoms with E-state index in [1.54, 1.807) is 0 Å². The molecule has 0 aliphatic carbocycles. The van der Waals surface area contributed by atoms with Crippen molar-refractivity contribution in [3.63, 3.8) is 0 Å². The van der Waals surface area contributed by atoms with E-state index in [4.69, 9.17) is 4.74 Å². The van der Waals surface area contributed by atoms with Crippen molar-refractivity contribution in [1.29, 1.82) is 0 Å². The first-order valence-corrected chi connectivity index (χ1v) is 8.40. The average molecular weight is 302 g/mol. The number of piperidine rings is 1. The van der Waals surface area contributed by atoms with Crippen molar-refractivity contribution in [1.82, 2.24) is 10.6 Å². The lowest BCUT2D eigenvalue weighted by atomic mass is 9.99. The molecule has 2 aliphatic heterocycles. The Morgan fingerprint density at radius 1 is 1.32 bits per heavy atom. The number of hydrogen-bond donors (Lipinski definition) is 2. The van der Waals surface area contributed by atoms with Gasteiger partial charge in [-0.25, -0.2) is 0 Å². The zero-order valence-electron chi connectivity index (χ0n) is 13.5. The molecule has 4 nitrogen and oxygen atoms in total. The second-order valence-corrected chi connectivity index (χ2v) is 7.01. The van der Waals surface area contributed by atoms with Crippen molar-refractivity contribution < 1.29 is 9.53 Å². The SMILES string of the molecule is CC(C)COc1cccc(C(=O)NC2CC3CCC(C2)N3)c1. The van der Waals surface area contributed by atoms with Gasteiger partial charge in [0.05, 0.1) is 6.61 Å². The zero-order chi connectivity index (χ0) is 15.5. The van der Waals surface area contributed by atoms with Gasteiger partial charge >= 0.3 is 0 Å². The summed E-state index contributed by atoms with van der Waals surface area (Å²) >= 11 is 0. The molecule has 1 aromatic rings. The van der Waals surface area contributed by atoms with Crippen LogP contribution in [0.2, 0.25) is 0 Å². The molecule has 1 amide bonds. The average Bonchev–Trinajstić information content (AvgIpc) is 2.84. The third kappa shape index (κ3) is 3.80. The third-order valence-electron chi connectivity index (χ3n) is 4.49. The predicted molar refractivity (Wildman–Crippen MR) is 87.2 cm³/mol. The molecule has 3 rings (SSSR count). The van der Waals surface area contributed by atoms with Gasteiger partial charge in [0.1, 0.15) is 5.75 Å². The van der Waals surface area contributed by atoms with E-state index in [-0.39, 0.29) is 5.91 Å². The minimum Gasteiger partial charge on any atom is -0.493 e. The van der Waals surface area contributed by atoms with Crippen molar-refractivity contribution >= 4 is 5.91 Å². The van der Waals surface area contributed by atoms with E-state index in [1.807, 2.05) is 24.3 Å². The standard InChI is InChI=1S/C18H26N2O2/c1-12(2)11-22-17-5-3-4-13(8-17)18(21)20-16-9-14-6-7-15(10-16)19-14/h3-5,8,12,14-16,19H,6-7,9-11H2,1-2H3,(H,20,21). The van der Waals surface area contributed by atoms with Gasteiger partial charge in [0.2, 0.25) is 0 Å². The molecule has 0 radical (unpaired) electrons. The van der Waals surface area contributed by atoms with Crippen LogP contribution in [0.25, 0.3) is 0 Å². The fourth-order valence-corrected chi connectivity index (χ4v) is 3.43. The van der Waals surface area contributed by atoms with Crippen LogP contribution in [0.1, 0.15) is 49.9 Å². The Labute approximate surface area is 132 Å². The third-order valence-corrected chi connectivity index (χ3v) is 4.49. The van der Waals surface area contributed by atoms with Gasteiger partial charge in [0.25, 0.3) is 5.91 Å². The van der Waals surface area contributed by atoms with Crippen LogP contribution in [0.5, 0.6) is 5.75 Å². The minimum absolute atomic E-state index is 0.0151. The minimum atomic E-state index is 0.0151. The molecule has 120 valence electrons. The second-order valence-electron chi connectivity index (χ2n) is 7.01. The monoisotopic (exact) mass is 302 g/mol. The summed E-state index contributed by atoms with van der Waals surface area (Å²) in [5.41, 5.74) is 0.687. The molecule has 0 aromatic heterocycles. The molecule has 2 aliphatic rings. The number of nitrogens with one attached hydrogen (secondary N) is 2. The van der Waals surface area contributed by atoms with Crippen LogP contribution in [0.15, 0.2) is 24.3 Å². The molecule has 2 atom stereocenters. The molecular weight excluding hydrogens is 276 g/mol. The van der Waals surface area contributed by atoms with Gasteiger partial charge in [-0.2, -0.15) is 0 Å². The van der Waals surface area contributed by atoms with E-state index < -0.39 is 0 Å². The largest absolute Gasteiger partial charge is 0.493 e. The van der Waals surface area contributed by atoms with Crippen molar-refractivity contribution in [2.24, 2.45) is 5.92 Å². The Hall–Kier alpha value is -1.55. The highest BCUT2D eigenvalue weighted by atomic mass is 16.5. The lowest BCUT2D eigenvalue weighted by molar-refractivity contribution is 0.0923. The Morgan fingerprint density at radius 3 is 2.73 bits per heavy atom. The fourth-order valence-electron chi connectivity index (χ4n) is 3.43. The molecule has 2 unspecified atom stereocenters. The molecule has 22 heavy (non-hydrogen) atoms. The van der Waals surface area contributed by atoms with Crippen LogP contribution < -0.4 is 15.4 Å². The number of ether oxygens (including phenoxy) is 1. The molecule has 2 saturated heterocycles. The number of hydrogen-bond acceptors (Lipinski definition) is 3. The number of fused-ring (bicyclic) bond motifs is 2. The maximum Gasteiger partial charge on any atom is 0.251 e. The van der Waals surface area contributed by atoms with Crippen LogP contribution in [0.3, 0.4) is 0 Å². The van der Waals surface area contributed by atoms with Crippen LogP contribution in [0.4, 0.5) is 0 Å². The molecule has 2 bridgehead atoms. The highest BCUT2D eigenvalue weighted by molar-refractivity contribution is 5.94. The first-order valence-electron chi connectivity index (χ1n) is 8.40. The number of rotatable bonds is 5. The summed E-state index contributed by atoms with van der Waals surface area (Å²) in [4.78, 5) is 12.4. The number of carbonyl (C=O) groups is 1. The molecule has 1 aromatic carbocycles. The number of benzene rings is 1. The van der Waals surface area contributed by atoms with Gasteiger partial charge in [-0.1, -0.05) is 19.9 Å². The summed E-state index contributed by atoms with van der Waals surface area (Å²) in [5, 5.41) is 6.79. The summed E-state index contributed by atoms with van der Waals surface area (Å²) in [7, 11) is 0. The van der Waals surface area contributed by atoms with Crippen LogP contribution in [0, 0.1) is 5.92 Å². The van der Waals surface area contributed by atoms with E-state index in [9.17, 15) is 4.79 Å². The van der Waals surface area contributed by atoms with Crippen LogP contribution in [-0.2, 0) is 0 Å². The predicted octanol–water partition coefficient (Wildman–Crippen LogP) is 2.73. The fraction of sp³-hybridized carbons (Fsp3) is 0.611. The van der Waals surface area contributed by atoms with Crippen molar-refractivity contribution in [3.05, 3.63) is 29.8 Å². The number of carbonyl (C=O) groups excluding carboxylic acids is 1. The molecule has 2 N–H and O–H groups in total. The summed E-state index contributed by atoms with van der Waals surface area (Å²) in [5.74, 6) is 1.26. The lowest BCUT2D eigenvalue weighted by Crippen LogP contribution is -2.48. The van der Waals surface area contributed by atoms with Crippen LogP contribution >= 0.6 is 0 Å². The topological polar surface area (TPSA) is 50.4 Å². The van der Waals surface area contributed by atoms with E-state index in [1.165, 1.54) is 12.8 Å². The highest BCUT2D eigenvalue weighted by Crippen LogP contribution is 2.27. The quantitative estimate of drug-likeness (QED) is 0.879. The Kier molecular flexibility index (Phi) is 4.67. The van der Waals surface area contributed by atoms with Gasteiger partial charge in [0.15, 0.2) is 0 Å². The lowest BCUT2D eigenvalue weighted by Gasteiger charge is -2.29. The van der Waals surface area contributed by atoms with E-state index in [0.29, 0.717) is 36.2 Å². The first kappa shape index (κ1) is 15.3. The summed E-state index contributed by atoms with van der Waals surface area (Å²) in [6.45, 7) is 4.90.